The molecule has 28 heavy (non-hydrogen) atoms. The number of hydrogen-bond acceptors (Lipinski definition) is 3. The fraction of sp³-hybridized carbons (Fsp3) is 0.217. The van der Waals surface area contributed by atoms with E-state index in [2.05, 4.69) is 4.98 Å². The minimum Gasteiger partial charge on any atom is -0.497 e. The maximum Gasteiger partial charge on any atom is 0.274 e. The van der Waals surface area contributed by atoms with Gasteiger partial charge in [0.25, 0.3) is 5.91 Å². The molecule has 1 saturated heterocycles. The van der Waals surface area contributed by atoms with E-state index in [1.54, 1.807) is 12.0 Å². The number of aromatic amines is 1. The molecular formula is C23H18N2O3. The number of Topliss-reactive ketones (excluding diaryl/α,β-unsaturated/α-hetero) is 1. The van der Waals surface area contributed by atoms with E-state index in [1.807, 2.05) is 54.6 Å². The number of piperidine rings is 1. The number of nitrogens with zero attached hydrogens (tertiary/aromatic N) is 1. The van der Waals surface area contributed by atoms with E-state index < -0.39 is 5.41 Å². The van der Waals surface area contributed by atoms with Crippen LogP contribution in [0.25, 0.3) is 17.0 Å². The lowest BCUT2D eigenvalue weighted by Gasteiger charge is -2.28. The number of nitrogens with one attached hydrogen (secondary N) is 1. The lowest BCUT2D eigenvalue weighted by molar-refractivity contribution is 0.0799. The molecular weight excluding hydrogens is 352 g/mol. The van der Waals surface area contributed by atoms with Gasteiger partial charge in [-0.1, -0.05) is 24.3 Å². The van der Waals surface area contributed by atoms with Crippen molar-refractivity contribution in [1.29, 1.82) is 0 Å². The van der Waals surface area contributed by atoms with Gasteiger partial charge in [0.05, 0.1) is 12.5 Å². The maximum absolute atomic E-state index is 13.3. The fourth-order valence-corrected chi connectivity index (χ4v) is 4.93. The summed E-state index contributed by atoms with van der Waals surface area (Å²) in [5.41, 5.74) is 3.48. The van der Waals surface area contributed by atoms with Crippen molar-refractivity contribution in [3.63, 3.8) is 0 Å². The van der Waals surface area contributed by atoms with Crippen LogP contribution in [0, 0.1) is 11.3 Å². The number of allylic oxidation sites excluding steroid dienone is 1. The molecule has 5 nitrogen and oxygen atoms in total. The van der Waals surface area contributed by atoms with Gasteiger partial charge in [-0.05, 0) is 48.2 Å². The maximum atomic E-state index is 13.3. The number of methoxy groups -OCH3 is 1. The molecule has 1 aliphatic heterocycles. The van der Waals surface area contributed by atoms with E-state index in [4.69, 9.17) is 4.74 Å². The molecule has 1 amide bonds. The number of rotatable bonds is 2. The zero-order valence-corrected chi connectivity index (χ0v) is 15.4. The largest absolute Gasteiger partial charge is 0.497 e. The highest BCUT2D eigenvalue weighted by Gasteiger charge is 2.69. The van der Waals surface area contributed by atoms with Crippen LogP contribution >= 0.6 is 0 Å². The zero-order valence-electron chi connectivity index (χ0n) is 15.4. The second kappa shape index (κ2) is 5.13. The van der Waals surface area contributed by atoms with Gasteiger partial charge in [0.2, 0.25) is 0 Å². The number of ketones is 1. The molecule has 0 bridgehead atoms. The van der Waals surface area contributed by atoms with Crippen LogP contribution in [-0.4, -0.2) is 35.2 Å². The third-order valence-corrected chi connectivity index (χ3v) is 6.46. The number of carbonyl (C=O) groups excluding carboxylic acids is 2. The molecule has 138 valence electrons. The van der Waals surface area contributed by atoms with E-state index >= 15 is 0 Å². The number of likely N-dealkylation sites (tertiary alicyclic amines) is 1. The van der Waals surface area contributed by atoms with Crippen molar-refractivity contribution >= 4 is 28.7 Å². The van der Waals surface area contributed by atoms with Crippen LogP contribution in [0.2, 0.25) is 0 Å². The summed E-state index contributed by atoms with van der Waals surface area (Å²) in [5, 5.41) is 0.931. The summed E-state index contributed by atoms with van der Waals surface area (Å²) in [4.78, 5) is 31.5. The third-order valence-electron chi connectivity index (χ3n) is 6.46. The molecule has 2 heterocycles. The van der Waals surface area contributed by atoms with Crippen LogP contribution in [0.3, 0.4) is 0 Å². The lowest BCUT2D eigenvalue weighted by atomic mass is 9.83. The van der Waals surface area contributed by atoms with Crippen LogP contribution in [0.15, 0.2) is 54.2 Å². The summed E-state index contributed by atoms with van der Waals surface area (Å²) in [6, 6.07) is 15.2. The fourth-order valence-electron chi connectivity index (χ4n) is 4.93. The molecule has 3 aliphatic rings. The van der Waals surface area contributed by atoms with Crippen LogP contribution in [0.4, 0.5) is 0 Å². The highest BCUT2D eigenvalue weighted by atomic mass is 16.5. The SMILES string of the molecule is COc1ccc2[nH]c(C(=O)N3CC4CC45C(=O)c4ccccc4C=C35)cc2c1. The quantitative estimate of drug-likeness (QED) is 0.745. The Morgan fingerprint density at radius 2 is 2.07 bits per heavy atom. The van der Waals surface area contributed by atoms with Crippen molar-refractivity contribution in [2.24, 2.45) is 11.3 Å². The number of fused-ring (bicyclic) bond motifs is 2. The normalized spacial score (nSPS) is 24.5. The number of amides is 1. The summed E-state index contributed by atoms with van der Waals surface area (Å²) in [6.45, 7) is 0.600. The van der Waals surface area contributed by atoms with Crippen molar-refractivity contribution < 1.29 is 14.3 Å². The molecule has 2 aliphatic carbocycles. The van der Waals surface area contributed by atoms with Crippen LogP contribution in [0.1, 0.15) is 32.8 Å². The summed E-state index contributed by atoms with van der Waals surface area (Å²) < 4.78 is 5.27. The summed E-state index contributed by atoms with van der Waals surface area (Å²) in [7, 11) is 1.63. The molecule has 2 fully saturated rings. The second-order valence-corrected chi connectivity index (χ2v) is 7.87. The molecule has 2 atom stereocenters. The first-order chi connectivity index (χ1) is 13.6. The summed E-state index contributed by atoms with van der Waals surface area (Å²) >= 11 is 0. The molecule has 1 spiro atoms. The molecule has 3 aromatic rings. The number of carbonyl (C=O) groups is 2. The Labute approximate surface area is 161 Å². The minimum absolute atomic E-state index is 0.0832. The molecule has 2 aromatic carbocycles. The van der Waals surface area contributed by atoms with Gasteiger partial charge in [-0.15, -0.1) is 0 Å². The Morgan fingerprint density at radius 1 is 1.21 bits per heavy atom. The van der Waals surface area contributed by atoms with E-state index in [0.717, 1.165) is 39.9 Å². The molecule has 1 N–H and O–H groups in total. The first-order valence-corrected chi connectivity index (χ1v) is 9.46. The van der Waals surface area contributed by atoms with Crippen molar-refractivity contribution in [2.45, 2.75) is 6.42 Å². The first kappa shape index (κ1) is 15.7. The van der Waals surface area contributed by atoms with E-state index in [1.165, 1.54) is 0 Å². The minimum atomic E-state index is -0.487. The summed E-state index contributed by atoms with van der Waals surface area (Å²) in [6.07, 6.45) is 2.88. The topological polar surface area (TPSA) is 62.4 Å². The van der Waals surface area contributed by atoms with Gasteiger partial charge in [0, 0.05) is 28.7 Å². The van der Waals surface area contributed by atoms with E-state index in [-0.39, 0.29) is 17.6 Å². The van der Waals surface area contributed by atoms with Gasteiger partial charge >= 0.3 is 0 Å². The Balaban J connectivity index is 1.42. The van der Waals surface area contributed by atoms with Gasteiger partial charge < -0.3 is 14.6 Å². The lowest BCUT2D eigenvalue weighted by Crippen LogP contribution is -2.34. The number of ether oxygens (including phenoxy) is 1. The monoisotopic (exact) mass is 370 g/mol. The molecule has 5 heteroatoms. The average Bonchev–Trinajstić information content (AvgIpc) is 3.12. The molecule has 1 saturated carbocycles. The Morgan fingerprint density at radius 3 is 2.93 bits per heavy atom. The third kappa shape index (κ3) is 1.86. The van der Waals surface area contributed by atoms with Gasteiger partial charge in [-0.25, -0.2) is 0 Å². The van der Waals surface area contributed by atoms with Gasteiger partial charge in [-0.2, -0.15) is 0 Å². The van der Waals surface area contributed by atoms with Crippen molar-refractivity contribution in [1.82, 2.24) is 9.88 Å². The second-order valence-electron chi connectivity index (χ2n) is 7.87. The number of H-pyrrole nitrogens is 1. The van der Waals surface area contributed by atoms with Crippen molar-refractivity contribution in [3.05, 3.63) is 71.0 Å². The number of hydrogen-bond donors (Lipinski definition) is 1. The van der Waals surface area contributed by atoms with E-state index in [0.29, 0.717) is 12.2 Å². The van der Waals surface area contributed by atoms with Gasteiger partial charge in [-0.3, -0.25) is 9.59 Å². The average molecular weight is 370 g/mol. The number of aromatic nitrogens is 1. The van der Waals surface area contributed by atoms with Gasteiger partial charge in [0.15, 0.2) is 5.78 Å². The van der Waals surface area contributed by atoms with E-state index in [9.17, 15) is 9.59 Å². The predicted molar refractivity (Wildman–Crippen MR) is 105 cm³/mol. The molecule has 2 unspecified atom stereocenters. The molecule has 0 radical (unpaired) electrons. The number of benzene rings is 2. The van der Waals surface area contributed by atoms with Crippen LogP contribution in [0.5, 0.6) is 5.75 Å². The first-order valence-electron chi connectivity index (χ1n) is 9.46. The zero-order chi connectivity index (χ0) is 19.0. The van der Waals surface area contributed by atoms with Gasteiger partial charge in [0.1, 0.15) is 11.4 Å². The highest BCUT2D eigenvalue weighted by Crippen LogP contribution is 2.67. The summed E-state index contributed by atoms with van der Waals surface area (Å²) in [5.74, 6) is 1.07. The van der Waals surface area contributed by atoms with Crippen LogP contribution < -0.4 is 4.74 Å². The van der Waals surface area contributed by atoms with Crippen LogP contribution in [-0.2, 0) is 0 Å². The Kier molecular flexibility index (Phi) is 2.88. The Hall–Kier alpha value is -3.34. The predicted octanol–water partition coefficient (Wildman–Crippen LogP) is 3.88. The van der Waals surface area contributed by atoms with Crippen molar-refractivity contribution in [2.75, 3.05) is 13.7 Å². The smallest absolute Gasteiger partial charge is 0.274 e. The standard InChI is InChI=1S/C23H18N2O3/c1-28-16-6-7-18-14(8-16)9-19(24-18)22(27)25-12-15-11-23(15)20(25)10-13-4-2-3-5-17(13)21(23)26/h2-10,15,24H,11-12H2,1H3. The van der Waals surface area contributed by atoms with Crippen molar-refractivity contribution in [3.8, 4) is 5.75 Å². The Bertz CT molecular complexity index is 1220. The molecule has 1 aromatic heterocycles. The highest BCUT2D eigenvalue weighted by molar-refractivity contribution is 6.12. The molecule has 6 rings (SSSR count).